The van der Waals surface area contributed by atoms with Crippen molar-refractivity contribution in [3.05, 3.63) is 42.2 Å². The third-order valence-corrected chi connectivity index (χ3v) is 2.14. The molecule has 2 rings (SSSR count). The Balaban J connectivity index is 2.56. The maximum atomic E-state index is 5.61. The summed E-state index contributed by atoms with van der Waals surface area (Å²) in [6, 6.07) is 3.89. The van der Waals surface area contributed by atoms with Gasteiger partial charge >= 0.3 is 0 Å². The van der Waals surface area contributed by atoms with Gasteiger partial charge in [-0.25, -0.2) is 4.98 Å². The number of imidazole rings is 1. The van der Waals surface area contributed by atoms with Crippen molar-refractivity contribution in [3.8, 4) is 5.69 Å². The quantitative estimate of drug-likeness (QED) is 0.766. The third-order valence-electron chi connectivity index (χ3n) is 2.14. The van der Waals surface area contributed by atoms with Gasteiger partial charge in [-0.2, -0.15) is 0 Å². The first kappa shape index (κ1) is 8.90. The molecule has 0 spiro atoms. The minimum atomic E-state index is 0.438. The lowest BCUT2D eigenvalue weighted by atomic mass is 10.3. The van der Waals surface area contributed by atoms with E-state index in [1.807, 2.05) is 29.8 Å². The molecule has 14 heavy (non-hydrogen) atoms. The molecule has 0 fully saturated rings. The van der Waals surface area contributed by atoms with Crippen LogP contribution in [0.15, 0.2) is 30.7 Å². The second-order valence-electron chi connectivity index (χ2n) is 3.02. The largest absolute Gasteiger partial charge is 0.325 e. The topological polar surface area (TPSA) is 56.7 Å². The summed E-state index contributed by atoms with van der Waals surface area (Å²) < 4.78 is 1.98. The van der Waals surface area contributed by atoms with E-state index in [9.17, 15) is 0 Å². The Bertz CT molecular complexity index is 433. The first-order chi connectivity index (χ1) is 6.83. The highest BCUT2D eigenvalue weighted by atomic mass is 15.1. The van der Waals surface area contributed by atoms with Crippen LogP contribution in [0.4, 0.5) is 0 Å². The molecular formula is C10H12N4. The van der Waals surface area contributed by atoms with E-state index in [0.717, 1.165) is 17.2 Å². The Hall–Kier alpha value is -1.68. The van der Waals surface area contributed by atoms with E-state index in [-0.39, 0.29) is 0 Å². The van der Waals surface area contributed by atoms with Gasteiger partial charge in [0.15, 0.2) is 0 Å². The smallest absolute Gasteiger partial charge is 0.110 e. The number of pyridine rings is 1. The zero-order valence-corrected chi connectivity index (χ0v) is 8.01. The van der Waals surface area contributed by atoms with Gasteiger partial charge in [-0.1, -0.05) is 0 Å². The molecule has 2 aromatic heterocycles. The molecular weight excluding hydrogens is 176 g/mol. The number of nitrogens with two attached hydrogens (primary N) is 1. The van der Waals surface area contributed by atoms with E-state index in [1.165, 1.54) is 0 Å². The molecule has 0 aromatic carbocycles. The van der Waals surface area contributed by atoms with Crippen LogP contribution in [-0.2, 0) is 6.54 Å². The molecule has 0 bridgehead atoms. The van der Waals surface area contributed by atoms with E-state index >= 15 is 0 Å². The second kappa shape index (κ2) is 3.59. The molecule has 72 valence electrons. The summed E-state index contributed by atoms with van der Waals surface area (Å²) in [6.45, 7) is 2.39. The number of hydrogen-bond donors (Lipinski definition) is 1. The summed E-state index contributed by atoms with van der Waals surface area (Å²) in [6.07, 6.45) is 5.42. The zero-order chi connectivity index (χ0) is 9.97. The van der Waals surface area contributed by atoms with Crippen LogP contribution < -0.4 is 5.73 Å². The van der Waals surface area contributed by atoms with Crippen LogP contribution in [0.5, 0.6) is 0 Å². The lowest BCUT2D eigenvalue weighted by Gasteiger charge is -2.08. The molecule has 2 heterocycles. The molecule has 0 amide bonds. The molecule has 0 saturated heterocycles. The second-order valence-corrected chi connectivity index (χ2v) is 3.02. The van der Waals surface area contributed by atoms with Gasteiger partial charge in [0.2, 0.25) is 0 Å². The van der Waals surface area contributed by atoms with E-state index in [0.29, 0.717) is 6.54 Å². The molecule has 0 atom stereocenters. The molecule has 0 aliphatic carbocycles. The maximum absolute atomic E-state index is 5.61. The SMILES string of the molecule is Cc1nccn1-c1cccnc1CN. The van der Waals surface area contributed by atoms with Crippen LogP contribution >= 0.6 is 0 Å². The first-order valence-electron chi connectivity index (χ1n) is 4.47. The Morgan fingerprint density at radius 1 is 1.36 bits per heavy atom. The fraction of sp³-hybridized carbons (Fsp3) is 0.200. The van der Waals surface area contributed by atoms with Crippen molar-refractivity contribution in [3.63, 3.8) is 0 Å². The van der Waals surface area contributed by atoms with Crippen molar-refractivity contribution in [2.75, 3.05) is 0 Å². The fourth-order valence-electron chi connectivity index (χ4n) is 1.44. The zero-order valence-electron chi connectivity index (χ0n) is 8.01. The van der Waals surface area contributed by atoms with Crippen LogP contribution in [-0.4, -0.2) is 14.5 Å². The van der Waals surface area contributed by atoms with Gasteiger partial charge in [-0.15, -0.1) is 0 Å². The summed E-state index contributed by atoms with van der Waals surface area (Å²) in [7, 11) is 0. The van der Waals surface area contributed by atoms with Gasteiger partial charge in [-0.05, 0) is 19.1 Å². The Labute approximate surface area is 82.4 Å². The van der Waals surface area contributed by atoms with Gasteiger partial charge in [0.25, 0.3) is 0 Å². The molecule has 2 aromatic rings. The molecule has 2 N–H and O–H groups in total. The molecule has 4 heteroatoms. The summed E-state index contributed by atoms with van der Waals surface area (Å²) in [4.78, 5) is 8.38. The van der Waals surface area contributed by atoms with Crippen LogP contribution in [0, 0.1) is 6.92 Å². The molecule has 0 saturated carbocycles. The van der Waals surface area contributed by atoms with Gasteiger partial charge < -0.3 is 10.3 Å². The van der Waals surface area contributed by atoms with E-state index in [1.54, 1.807) is 12.4 Å². The van der Waals surface area contributed by atoms with Crippen molar-refractivity contribution in [2.45, 2.75) is 13.5 Å². The lowest BCUT2D eigenvalue weighted by Crippen LogP contribution is -2.07. The summed E-state index contributed by atoms with van der Waals surface area (Å²) in [5.74, 6) is 0.938. The number of hydrogen-bond acceptors (Lipinski definition) is 3. The Kier molecular flexibility index (Phi) is 2.28. The van der Waals surface area contributed by atoms with Crippen LogP contribution in [0.25, 0.3) is 5.69 Å². The minimum Gasteiger partial charge on any atom is -0.325 e. The van der Waals surface area contributed by atoms with Crippen molar-refractivity contribution in [1.29, 1.82) is 0 Å². The summed E-state index contributed by atoms with van der Waals surface area (Å²) >= 11 is 0. The number of aromatic nitrogens is 3. The highest BCUT2D eigenvalue weighted by Crippen LogP contribution is 2.12. The minimum absolute atomic E-state index is 0.438. The van der Waals surface area contributed by atoms with Crippen LogP contribution in [0.3, 0.4) is 0 Å². The predicted octanol–water partition coefficient (Wildman–Crippen LogP) is 1.03. The number of aryl methyl sites for hydroxylation is 1. The normalized spacial score (nSPS) is 10.4. The van der Waals surface area contributed by atoms with Crippen molar-refractivity contribution in [2.24, 2.45) is 5.73 Å². The number of nitrogens with zero attached hydrogens (tertiary/aromatic N) is 3. The lowest BCUT2D eigenvalue weighted by molar-refractivity contribution is 0.901. The van der Waals surface area contributed by atoms with E-state index < -0.39 is 0 Å². The average molecular weight is 188 g/mol. The van der Waals surface area contributed by atoms with Crippen molar-refractivity contribution >= 4 is 0 Å². The molecule has 0 radical (unpaired) electrons. The maximum Gasteiger partial charge on any atom is 0.110 e. The molecule has 0 aliphatic heterocycles. The highest BCUT2D eigenvalue weighted by Gasteiger charge is 2.05. The van der Waals surface area contributed by atoms with Gasteiger partial charge in [0, 0.05) is 25.1 Å². The highest BCUT2D eigenvalue weighted by molar-refractivity contribution is 5.37. The first-order valence-corrected chi connectivity index (χ1v) is 4.47. The predicted molar refractivity (Wildman–Crippen MR) is 54.0 cm³/mol. The molecule has 0 aliphatic rings. The average Bonchev–Trinajstić information content (AvgIpc) is 2.64. The summed E-state index contributed by atoms with van der Waals surface area (Å²) in [5.41, 5.74) is 7.50. The third kappa shape index (κ3) is 1.40. The monoisotopic (exact) mass is 188 g/mol. The standard InChI is InChI=1S/C10H12N4/c1-8-12-5-6-14(8)10-3-2-4-13-9(10)7-11/h2-6H,7,11H2,1H3. The van der Waals surface area contributed by atoms with Crippen LogP contribution in [0.1, 0.15) is 11.5 Å². The van der Waals surface area contributed by atoms with Crippen molar-refractivity contribution < 1.29 is 0 Å². The Morgan fingerprint density at radius 3 is 2.86 bits per heavy atom. The molecule has 4 nitrogen and oxygen atoms in total. The van der Waals surface area contributed by atoms with Gasteiger partial charge in [-0.3, -0.25) is 4.98 Å². The summed E-state index contributed by atoms with van der Waals surface area (Å²) in [5, 5.41) is 0. The van der Waals surface area contributed by atoms with E-state index in [2.05, 4.69) is 9.97 Å². The molecule has 0 unspecified atom stereocenters. The van der Waals surface area contributed by atoms with Crippen molar-refractivity contribution in [1.82, 2.24) is 14.5 Å². The fourth-order valence-corrected chi connectivity index (χ4v) is 1.44. The Morgan fingerprint density at radius 2 is 2.21 bits per heavy atom. The number of rotatable bonds is 2. The van der Waals surface area contributed by atoms with E-state index in [4.69, 9.17) is 5.73 Å². The van der Waals surface area contributed by atoms with Gasteiger partial charge in [0.05, 0.1) is 11.4 Å². The van der Waals surface area contributed by atoms with Crippen LogP contribution in [0.2, 0.25) is 0 Å². The van der Waals surface area contributed by atoms with Gasteiger partial charge in [0.1, 0.15) is 5.82 Å².